The SMILES string of the molecule is COc1cc(OC)c(OC)cc1C=C1Oc2cc(OCC(=O)N3CCCC3)ccc2C1=O. The summed E-state index contributed by atoms with van der Waals surface area (Å²) in [6.07, 6.45) is 3.65. The molecule has 0 N–H and O–H groups in total. The van der Waals surface area contributed by atoms with Crippen molar-refractivity contribution < 1.29 is 33.3 Å². The maximum atomic E-state index is 12.8. The smallest absolute Gasteiger partial charge is 0.260 e. The molecule has 8 nitrogen and oxygen atoms in total. The molecule has 168 valence electrons. The molecule has 2 heterocycles. The average Bonchev–Trinajstić information content (AvgIpc) is 3.46. The van der Waals surface area contributed by atoms with Gasteiger partial charge in [-0.3, -0.25) is 9.59 Å². The molecule has 1 amide bonds. The Hall–Kier alpha value is -3.68. The monoisotopic (exact) mass is 439 g/mol. The van der Waals surface area contributed by atoms with Crippen molar-refractivity contribution in [2.24, 2.45) is 0 Å². The number of hydrogen-bond donors (Lipinski definition) is 0. The summed E-state index contributed by atoms with van der Waals surface area (Å²) in [6.45, 7) is 1.51. The number of hydrogen-bond acceptors (Lipinski definition) is 7. The largest absolute Gasteiger partial charge is 0.496 e. The van der Waals surface area contributed by atoms with E-state index in [0.717, 1.165) is 25.9 Å². The van der Waals surface area contributed by atoms with Gasteiger partial charge in [0.05, 0.1) is 26.9 Å². The summed E-state index contributed by atoms with van der Waals surface area (Å²) in [5.41, 5.74) is 1.03. The standard InChI is InChI=1S/C24H25NO7/c1-28-18-13-21(30-3)20(29-2)10-15(18)11-22-24(27)17-7-6-16(12-19(17)32-22)31-14-23(26)25-8-4-5-9-25/h6-7,10-13H,4-5,8-9,14H2,1-3H3. The molecule has 2 aliphatic heterocycles. The van der Waals surface area contributed by atoms with Crippen molar-refractivity contribution in [3.63, 3.8) is 0 Å². The molecule has 0 aliphatic carbocycles. The van der Waals surface area contributed by atoms with E-state index in [1.165, 1.54) is 21.3 Å². The second-order valence-corrected chi connectivity index (χ2v) is 7.42. The molecule has 0 radical (unpaired) electrons. The van der Waals surface area contributed by atoms with Gasteiger partial charge in [0, 0.05) is 30.8 Å². The quantitative estimate of drug-likeness (QED) is 0.612. The topological polar surface area (TPSA) is 83.5 Å². The zero-order valence-corrected chi connectivity index (χ0v) is 18.3. The summed E-state index contributed by atoms with van der Waals surface area (Å²) < 4.78 is 27.5. The van der Waals surface area contributed by atoms with Gasteiger partial charge in [-0.1, -0.05) is 0 Å². The maximum absolute atomic E-state index is 12.8. The molecular weight excluding hydrogens is 414 g/mol. The van der Waals surface area contributed by atoms with Crippen LogP contribution in [0.3, 0.4) is 0 Å². The van der Waals surface area contributed by atoms with E-state index in [4.69, 9.17) is 23.7 Å². The Morgan fingerprint density at radius 3 is 2.38 bits per heavy atom. The fourth-order valence-electron chi connectivity index (χ4n) is 3.77. The summed E-state index contributed by atoms with van der Waals surface area (Å²) >= 11 is 0. The van der Waals surface area contributed by atoms with Gasteiger partial charge in [0.1, 0.15) is 17.2 Å². The van der Waals surface area contributed by atoms with Crippen molar-refractivity contribution in [1.82, 2.24) is 4.90 Å². The van der Waals surface area contributed by atoms with Crippen LogP contribution >= 0.6 is 0 Å². The summed E-state index contributed by atoms with van der Waals surface area (Å²) in [5, 5.41) is 0. The number of ketones is 1. The van der Waals surface area contributed by atoms with E-state index in [0.29, 0.717) is 39.9 Å². The van der Waals surface area contributed by atoms with Gasteiger partial charge in [0.25, 0.3) is 5.91 Å². The van der Waals surface area contributed by atoms with Crippen LogP contribution in [0.2, 0.25) is 0 Å². The van der Waals surface area contributed by atoms with E-state index in [1.807, 2.05) is 0 Å². The number of likely N-dealkylation sites (tertiary alicyclic amines) is 1. The highest BCUT2D eigenvalue weighted by Gasteiger charge is 2.28. The summed E-state index contributed by atoms with van der Waals surface area (Å²) in [7, 11) is 4.60. The van der Waals surface area contributed by atoms with E-state index in [2.05, 4.69) is 0 Å². The van der Waals surface area contributed by atoms with Crippen LogP contribution in [0.5, 0.6) is 28.7 Å². The van der Waals surface area contributed by atoms with Crippen LogP contribution in [-0.2, 0) is 4.79 Å². The number of Topliss-reactive ketones (excluding diaryl/α,β-unsaturated/α-hetero) is 1. The number of fused-ring (bicyclic) bond motifs is 1. The highest BCUT2D eigenvalue weighted by atomic mass is 16.5. The zero-order chi connectivity index (χ0) is 22.7. The molecule has 32 heavy (non-hydrogen) atoms. The van der Waals surface area contributed by atoms with Crippen LogP contribution < -0.4 is 23.7 Å². The third-order valence-electron chi connectivity index (χ3n) is 5.48. The molecule has 0 spiro atoms. The molecule has 0 unspecified atom stereocenters. The fraction of sp³-hybridized carbons (Fsp3) is 0.333. The minimum atomic E-state index is -0.253. The Labute approximate surface area is 186 Å². The number of rotatable bonds is 7. The number of benzene rings is 2. The minimum Gasteiger partial charge on any atom is -0.496 e. The molecule has 0 bridgehead atoms. The van der Waals surface area contributed by atoms with Crippen molar-refractivity contribution in [3.8, 4) is 28.7 Å². The van der Waals surface area contributed by atoms with Crippen molar-refractivity contribution in [1.29, 1.82) is 0 Å². The van der Waals surface area contributed by atoms with Crippen molar-refractivity contribution in [2.75, 3.05) is 41.0 Å². The number of nitrogens with zero attached hydrogens (tertiary/aromatic N) is 1. The van der Waals surface area contributed by atoms with E-state index in [9.17, 15) is 9.59 Å². The summed E-state index contributed by atoms with van der Waals surface area (Å²) in [4.78, 5) is 26.8. The number of methoxy groups -OCH3 is 3. The third-order valence-corrected chi connectivity index (χ3v) is 5.48. The zero-order valence-electron chi connectivity index (χ0n) is 18.3. The number of ether oxygens (including phenoxy) is 5. The Kier molecular flexibility index (Phi) is 6.20. The molecule has 1 saturated heterocycles. The lowest BCUT2D eigenvalue weighted by molar-refractivity contribution is -0.132. The summed E-state index contributed by atoms with van der Waals surface area (Å²) in [5.74, 6) is 2.22. The highest BCUT2D eigenvalue weighted by molar-refractivity contribution is 6.14. The first kappa shape index (κ1) is 21.5. The third kappa shape index (κ3) is 4.21. The molecule has 1 fully saturated rings. The number of allylic oxidation sites excluding steroid dienone is 1. The van der Waals surface area contributed by atoms with Gasteiger partial charge in [-0.15, -0.1) is 0 Å². The first-order valence-electron chi connectivity index (χ1n) is 10.3. The molecule has 2 aromatic carbocycles. The molecule has 4 rings (SSSR count). The molecule has 2 aromatic rings. The Balaban J connectivity index is 1.53. The Bertz CT molecular complexity index is 1070. The van der Waals surface area contributed by atoms with Crippen molar-refractivity contribution >= 4 is 17.8 Å². The van der Waals surface area contributed by atoms with Crippen LogP contribution in [-0.4, -0.2) is 57.6 Å². The first-order valence-corrected chi connectivity index (χ1v) is 10.3. The lowest BCUT2D eigenvalue weighted by Gasteiger charge is -2.15. The van der Waals surface area contributed by atoms with Gasteiger partial charge in [-0.25, -0.2) is 0 Å². The number of carbonyl (C=O) groups excluding carboxylic acids is 2. The fourth-order valence-corrected chi connectivity index (χ4v) is 3.77. The first-order chi connectivity index (χ1) is 15.5. The normalized spacial score (nSPS) is 16.0. The van der Waals surface area contributed by atoms with Gasteiger partial charge in [-0.05, 0) is 37.1 Å². The number of amides is 1. The molecule has 8 heteroatoms. The van der Waals surface area contributed by atoms with E-state index in [-0.39, 0.29) is 24.1 Å². The summed E-state index contributed by atoms with van der Waals surface area (Å²) in [6, 6.07) is 8.32. The lowest BCUT2D eigenvalue weighted by Crippen LogP contribution is -2.32. The predicted molar refractivity (Wildman–Crippen MR) is 117 cm³/mol. The van der Waals surface area contributed by atoms with Gasteiger partial charge >= 0.3 is 0 Å². The van der Waals surface area contributed by atoms with Crippen LogP contribution in [0.25, 0.3) is 6.08 Å². The molecule has 0 aromatic heterocycles. The number of carbonyl (C=O) groups is 2. The lowest BCUT2D eigenvalue weighted by atomic mass is 10.1. The highest BCUT2D eigenvalue weighted by Crippen LogP contribution is 2.39. The molecule has 2 aliphatic rings. The van der Waals surface area contributed by atoms with Gasteiger partial charge in [0.15, 0.2) is 23.9 Å². The maximum Gasteiger partial charge on any atom is 0.260 e. The van der Waals surface area contributed by atoms with E-state index in [1.54, 1.807) is 41.3 Å². The Morgan fingerprint density at radius 2 is 1.69 bits per heavy atom. The van der Waals surface area contributed by atoms with E-state index < -0.39 is 0 Å². The molecule has 0 saturated carbocycles. The van der Waals surface area contributed by atoms with Gasteiger partial charge in [0.2, 0.25) is 5.78 Å². The van der Waals surface area contributed by atoms with Crippen LogP contribution in [0.4, 0.5) is 0 Å². The molecule has 0 atom stereocenters. The van der Waals surface area contributed by atoms with Crippen molar-refractivity contribution in [2.45, 2.75) is 12.8 Å². The van der Waals surface area contributed by atoms with Crippen LogP contribution in [0.1, 0.15) is 28.8 Å². The predicted octanol–water partition coefficient (Wildman–Crippen LogP) is 3.33. The average molecular weight is 439 g/mol. The second kappa shape index (κ2) is 9.21. The van der Waals surface area contributed by atoms with Gasteiger partial charge in [-0.2, -0.15) is 0 Å². The van der Waals surface area contributed by atoms with Gasteiger partial charge < -0.3 is 28.6 Å². The van der Waals surface area contributed by atoms with Crippen molar-refractivity contribution in [3.05, 3.63) is 47.2 Å². The minimum absolute atomic E-state index is 0.0406. The van der Waals surface area contributed by atoms with E-state index >= 15 is 0 Å². The van der Waals surface area contributed by atoms with Crippen LogP contribution in [0, 0.1) is 0 Å². The Morgan fingerprint density at radius 1 is 1.00 bits per heavy atom. The molecular formula is C24H25NO7. The van der Waals surface area contributed by atoms with Crippen LogP contribution in [0.15, 0.2) is 36.1 Å². The second-order valence-electron chi connectivity index (χ2n) is 7.42.